The van der Waals surface area contributed by atoms with Crippen molar-refractivity contribution >= 4 is 11.4 Å². The molecule has 2 aromatic carbocycles. The summed E-state index contributed by atoms with van der Waals surface area (Å²) >= 11 is 0. The summed E-state index contributed by atoms with van der Waals surface area (Å²) in [6.45, 7) is -0.675. The predicted octanol–water partition coefficient (Wildman–Crippen LogP) is 0.141. The summed E-state index contributed by atoms with van der Waals surface area (Å²) in [6.07, 6.45) is -6.22. The van der Waals surface area contributed by atoms with Gasteiger partial charge in [-0.05, 0) is 47.4 Å². The van der Waals surface area contributed by atoms with Crippen LogP contribution in [0.2, 0.25) is 0 Å². The van der Waals surface area contributed by atoms with Crippen LogP contribution in [0, 0.1) is 0 Å². The normalized spacial score (nSPS) is 28.2. The summed E-state index contributed by atoms with van der Waals surface area (Å²) in [7, 11) is 0. The fraction of sp³-hybridized carbons (Fsp3) is 0.318. The molecule has 9 heteroatoms. The summed E-state index contributed by atoms with van der Waals surface area (Å²) < 4.78 is 5.43. The maximum Gasteiger partial charge on any atom is 0.190 e. The van der Waals surface area contributed by atoms with Crippen LogP contribution < -0.4 is 0 Å². The minimum Gasteiger partial charge on any atom is -0.508 e. The number of ketones is 1. The quantitative estimate of drug-likeness (QED) is 0.358. The van der Waals surface area contributed by atoms with Crippen LogP contribution in [-0.2, 0) is 11.2 Å². The molecule has 1 fully saturated rings. The highest BCUT2D eigenvalue weighted by Crippen LogP contribution is 2.46. The summed E-state index contributed by atoms with van der Waals surface area (Å²) in [6, 6.07) is 7.51. The molecule has 2 aliphatic rings. The number of hydrogen-bond acceptors (Lipinski definition) is 9. The van der Waals surface area contributed by atoms with E-state index in [-0.39, 0.29) is 23.3 Å². The Morgan fingerprint density at radius 3 is 2.29 bits per heavy atom. The van der Waals surface area contributed by atoms with E-state index in [1.807, 2.05) is 0 Å². The minimum absolute atomic E-state index is 0.0753. The number of benzene rings is 2. The highest BCUT2D eigenvalue weighted by molar-refractivity contribution is 6.14. The number of phenolic OH excluding ortho intramolecular Hbond substituents is 3. The third-order valence-corrected chi connectivity index (χ3v) is 5.75. The van der Waals surface area contributed by atoms with E-state index in [0.29, 0.717) is 16.7 Å². The monoisotopic (exact) mass is 430 g/mol. The van der Waals surface area contributed by atoms with Crippen LogP contribution in [0.25, 0.3) is 5.57 Å². The molecule has 0 aromatic heterocycles. The highest BCUT2D eigenvalue weighted by atomic mass is 16.5. The Hall–Kier alpha value is -2.95. The molecular formula is C22H22O9. The summed E-state index contributed by atoms with van der Waals surface area (Å²) in [5.41, 5.74) is 1.27. The summed E-state index contributed by atoms with van der Waals surface area (Å²) in [4.78, 5) is 12.8. The fourth-order valence-corrected chi connectivity index (χ4v) is 4.11. The zero-order valence-corrected chi connectivity index (χ0v) is 16.2. The van der Waals surface area contributed by atoms with Gasteiger partial charge in [-0.25, -0.2) is 0 Å². The standard InChI is InChI=1S/C22H22O9/c23-8-15-18(27)20(29)21(30)22(31-15)17-14(26)7-11-5-10(6-13(25)16(11)19(17)28)9-1-3-12(24)4-2-9/h1-4,6-7,15,18,20-24,26-30H,5,8H2. The second kappa shape index (κ2) is 7.95. The van der Waals surface area contributed by atoms with Gasteiger partial charge < -0.3 is 40.5 Å². The molecule has 7 N–H and O–H groups in total. The SMILES string of the molecule is O=C1C=C(c2ccc(O)cc2)Cc2cc(O)c(C3OC(CO)C(O)C(O)C3O)c(O)c21. The van der Waals surface area contributed by atoms with Crippen molar-refractivity contribution in [2.75, 3.05) is 6.61 Å². The van der Waals surface area contributed by atoms with Crippen molar-refractivity contribution in [3.8, 4) is 17.2 Å². The molecule has 31 heavy (non-hydrogen) atoms. The van der Waals surface area contributed by atoms with Crippen LogP contribution in [0.4, 0.5) is 0 Å². The van der Waals surface area contributed by atoms with Gasteiger partial charge in [0.1, 0.15) is 47.8 Å². The van der Waals surface area contributed by atoms with Crippen molar-refractivity contribution in [3.63, 3.8) is 0 Å². The molecule has 0 saturated carbocycles. The molecule has 4 rings (SSSR count). The summed E-state index contributed by atoms with van der Waals surface area (Å²) in [5.74, 6) is -1.54. The first-order chi connectivity index (χ1) is 14.7. The molecule has 1 saturated heterocycles. The van der Waals surface area contributed by atoms with E-state index in [0.717, 1.165) is 0 Å². The lowest BCUT2D eigenvalue weighted by molar-refractivity contribution is -0.232. The molecule has 0 amide bonds. The van der Waals surface area contributed by atoms with Crippen LogP contribution in [-0.4, -0.2) is 72.6 Å². The van der Waals surface area contributed by atoms with Crippen molar-refractivity contribution in [2.45, 2.75) is 36.9 Å². The van der Waals surface area contributed by atoms with Gasteiger partial charge in [-0.3, -0.25) is 4.79 Å². The lowest BCUT2D eigenvalue weighted by Crippen LogP contribution is -2.55. The molecule has 9 nitrogen and oxygen atoms in total. The van der Waals surface area contributed by atoms with Crippen LogP contribution in [0.1, 0.15) is 33.2 Å². The van der Waals surface area contributed by atoms with Crippen molar-refractivity contribution in [2.24, 2.45) is 0 Å². The van der Waals surface area contributed by atoms with Crippen LogP contribution in [0.3, 0.4) is 0 Å². The molecule has 0 radical (unpaired) electrons. The first-order valence-electron chi connectivity index (χ1n) is 9.65. The van der Waals surface area contributed by atoms with Gasteiger partial charge in [-0.15, -0.1) is 0 Å². The molecule has 1 aliphatic carbocycles. The van der Waals surface area contributed by atoms with Gasteiger partial charge in [0, 0.05) is 0 Å². The average Bonchev–Trinajstić information content (AvgIpc) is 2.73. The molecule has 1 aliphatic heterocycles. The molecule has 5 atom stereocenters. The average molecular weight is 430 g/mol. The largest absolute Gasteiger partial charge is 0.508 e. The van der Waals surface area contributed by atoms with E-state index >= 15 is 0 Å². The van der Waals surface area contributed by atoms with E-state index in [1.165, 1.54) is 24.3 Å². The Labute approximate surface area is 176 Å². The predicted molar refractivity (Wildman–Crippen MR) is 107 cm³/mol. The Bertz CT molecular complexity index is 1040. The zero-order valence-electron chi connectivity index (χ0n) is 16.2. The molecule has 164 valence electrons. The zero-order chi connectivity index (χ0) is 22.4. The first-order valence-corrected chi connectivity index (χ1v) is 9.65. The topological polar surface area (TPSA) is 168 Å². The molecule has 0 spiro atoms. The highest BCUT2D eigenvalue weighted by Gasteiger charge is 2.46. The first kappa shape index (κ1) is 21.3. The van der Waals surface area contributed by atoms with Crippen molar-refractivity contribution in [1.82, 2.24) is 0 Å². The number of allylic oxidation sites excluding steroid dienone is 2. The van der Waals surface area contributed by atoms with Gasteiger partial charge in [-0.1, -0.05) is 12.1 Å². The van der Waals surface area contributed by atoms with Crippen LogP contribution >= 0.6 is 0 Å². The number of ether oxygens (including phenoxy) is 1. The van der Waals surface area contributed by atoms with Gasteiger partial charge in [0.15, 0.2) is 5.78 Å². The Kier molecular flexibility index (Phi) is 5.46. The number of carbonyl (C=O) groups is 1. The maximum absolute atomic E-state index is 12.8. The molecule has 1 heterocycles. The van der Waals surface area contributed by atoms with Crippen LogP contribution in [0.15, 0.2) is 36.4 Å². The second-order valence-corrected chi connectivity index (χ2v) is 7.70. The van der Waals surface area contributed by atoms with Gasteiger partial charge in [0.2, 0.25) is 0 Å². The Balaban J connectivity index is 1.74. The Morgan fingerprint density at radius 2 is 1.65 bits per heavy atom. The maximum atomic E-state index is 12.8. The van der Waals surface area contributed by atoms with E-state index in [9.17, 15) is 40.5 Å². The number of rotatable bonds is 3. The van der Waals surface area contributed by atoms with Gasteiger partial charge in [-0.2, -0.15) is 0 Å². The van der Waals surface area contributed by atoms with Crippen molar-refractivity contribution in [1.29, 1.82) is 0 Å². The number of hydrogen-bond donors (Lipinski definition) is 7. The van der Waals surface area contributed by atoms with Crippen LogP contribution in [0.5, 0.6) is 17.2 Å². The van der Waals surface area contributed by atoms with E-state index in [2.05, 4.69) is 0 Å². The number of aromatic hydroxyl groups is 3. The third-order valence-electron chi connectivity index (χ3n) is 5.75. The number of aliphatic hydroxyl groups is 4. The third kappa shape index (κ3) is 3.56. The molecule has 0 bridgehead atoms. The second-order valence-electron chi connectivity index (χ2n) is 7.70. The molecule has 2 aromatic rings. The van der Waals surface area contributed by atoms with E-state index in [1.54, 1.807) is 12.1 Å². The number of phenols is 3. The summed E-state index contributed by atoms with van der Waals surface area (Å²) in [5, 5.41) is 70.6. The molecule has 5 unspecified atom stereocenters. The lowest BCUT2D eigenvalue weighted by Gasteiger charge is -2.40. The number of carbonyl (C=O) groups excluding carboxylic acids is 1. The lowest BCUT2D eigenvalue weighted by atomic mass is 9.83. The van der Waals surface area contributed by atoms with Crippen molar-refractivity contribution < 1.29 is 45.3 Å². The van der Waals surface area contributed by atoms with Crippen molar-refractivity contribution in [3.05, 3.63) is 58.7 Å². The molecular weight excluding hydrogens is 408 g/mol. The number of fused-ring (bicyclic) bond motifs is 1. The van der Waals surface area contributed by atoms with Gasteiger partial charge >= 0.3 is 0 Å². The van der Waals surface area contributed by atoms with Gasteiger partial charge in [0.25, 0.3) is 0 Å². The smallest absolute Gasteiger partial charge is 0.190 e. The number of aliphatic hydroxyl groups excluding tert-OH is 4. The van der Waals surface area contributed by atoms with E-state index < -0.39 is 54.4 Å². The Morgan fingerprint density at radius 1 is 0.968 bits per heavy atom. The van der Waals surface area contributed by atoms with Gasteiger partial charge in [0.05, 0.1) is 17.7 Å². The van der Waals surface area contributed by atoms with E-state index in [4.69, 9.17) is 4.74 Å². The minimum atomic E-state index is -1.73. The fourth-order valence-electron chi connectivity index (χ4n) is 4.11.